The highest BCUT2D eigenvalue weighted by atomic mass is 16.5. The predicted octanol–water partition coefficient (Wildman–Crippen LogP) is 5.12. The number of rotatable bonds is 6. The number of ether oxygens (including phenoxy) is 1. The Kier molecular flexibility index (Phi) is 5.57. The molecule has 0 fully saturated rings. The van der Waals surface area contributed by atoms with Crippen molar-refractivity contribution in [2.24, 2.45) is 0 Å². The molecule has 4 rings (SSSR count). The number of benzene rings is 3. The number of carbonyl (C=O) groups excluding carboxylic acids is 1. The zero-order valence-electron chi connectivity index (χ0n) is 16.7. The Morgan fingerprint density at radius 3 is 2.23 bits per heavy atom. The maximum Gasteiger partial charge on any atom is 0.265 e. The van der Waals surface area contributed by atoms with E-state index in [0.29, 0.717) is 23.2 Å². The van der Waals surface area contributed by atoms with Crippen molar-refractivity contribution in [3.05, 3.63) is 84.4 Å². The second-order valence-electron chi connectivity index (χ2n) is 6.92. The molecule has 1 heterocycles. The van der Waals surface area contributed by atoms with E-state index in [1.54, 1.807) is 19.1 Å². The third-order valence-corrected chi connectivity index (χ3v) is 4.52. The van der Waals surface area contributed by atoms with Gasteiger partial charge in [-0.05, 0) is 67.9 Å². The average molecular weight is 399 g/mol. The second kappa shape index (κ2) is 8.61. The van der Waals surface area contributed by atoms with Crippen LogP contribution in [0, 0.1) is 6.92 Å². The number of hydrogen-bond acceptors (Lipinski definition) is 5. The van der Waals surface area contributed by atoms with Gasteiger partial charge in [-0.1, -0.05) is 30.3 Å². The van der Waals surface area contributed by atoms with E-state index < -0.39 is 6.10 Å². The molecule has 0 saturated carbocycles. The molecule has 0 aliphatic heterocycles. The quantitative estimate of drug-likeness (QED) is 0.487. The Bertz CT molecular complexity index is 1140. The molecule has 150 valence electrons. The van der Waals surface area contributed by atoms with E-state index in [0.717, 1.165) is 16.7 Å². The topological polar surface area (TPSA) is 77.2 Å². The van der Waals surface area contributed by atoms with E-state index in [2.05, 4.69) is 15.5 Å². The van der Waals surface area contributed by atoms with Gasteiger partial charge in [0.05, 0.1) is 0 Å². The van der Waals surface area contributed by atoms with Crippen LogP contribution in [0.3, 0.4) is 0 Å². The van der Waals surface area contributed by atoms with E-state index in [-0.39, 0.29) is 5.91 Å². The number of carbonyl (C=O) groups is 1. The first-order valence-corrected chi connectivity index (χ1v) is 9.62. The fourth-order valence-electron chi connectivity index (χ4n) is 2.92. The van der Waals surface area contributed by atoms with E-state index in [1.807, 2.05) is 73.7 Å². The van der Waals surface area contributed by atoms with Crippen LogP contribution >= 0.6 is 0 Å². The lowest BCUT2D eigenvalue weighted by Gasteiger charge is -2.15. The van der Waals surface area contributed by atoms with Crippen molar-refractivity contribution < 1.29 is 13.9 Å². The summed E-state index contributed by atoms with van der Waals surface area (Å²) in [6.45, 7) is 3.70. The Balaban J connectivity index is 1.40. The minimum absolute atomic E-state index is 0.228. The Morgan fingerprint density at radius 1 is 0.900 bits per heavy atom. The van der Waals surface area contributed by atoms with Crippen molar-refractivity contribution >= 4 is 11.6 Å². The SMILES string of the molecule is Cc1cccc(O[C@H](C)C(=O)Nc2ccc(-c3nnc(-c4ccccc4)o3)cc2)c1. The van der Waals surface area contributed by atoms with Gasteiger partial charge in [0, 0.05) is 16.8 Å². The number of nitrogens with zero attached hydrogens (tertiary/aromatic N) is 2. The van der Waals surface area contributed by atoms with Gasteiger partial charge in [0.2, 0.25) is 11.8 Å². The van der Waals surface area contributed by atoms with E-state index in [1.165, 1.54) is 0 Å². The number of nitrogens with one attached hydrogen (secondary N) is 1. The molecule has 4 aromatic rings. The summed E-state index contributed by atoms with van der Waals surface area (Å²) in [6, 6.07) is 24.4. The van der Waals surface area contributed by atoms with Crippen LogP contribution in [0.2, 0.25) is 0 Å². The smallest absolute Gasteiger partial charge is 0.265 e. The summed E-state index contributed by atoms with van der Waals surface area (Å²) in [5.74, 6) is 1.32. The van der Waals surface area contributed by atoms with Crippen molar-refractivity contribution in [2.45, 2.75) is 20.0 Å². The van der Waals surface area contributed by atoms with Crippen molar-refractivity contribution in [1.82, 2.24) is 10.2 Å². The summed E-state index contributed by atoms with van der Waals surface area (Å²) in [5.41, 5.74) is 3.37. The number of aromatic nitrogens is 2. The molecule has 3 aromatic carbocycles. The molecule has 0 spiro atoms. The van der Waals surface area contributed by atoms with Crippen molar-refractivity contribution in [3.63, 3.8) is 0 Å². The van der Waals surface area contributed by atoms with Crippen LogP contribution in [-0.4, -0.2) is 22.2 Å². The van der Waals surface area contributed by atoms with Gasteiger partial charge in [-0.2, -0.15) is 0 Å². The standard InChI is InChI=1S/C24H21N3O3/c1-16-7-6-10-21(15-16)29-17(2)22(28)25-20-13-11-19(12-14-20)24-27-26-23(30-24)18-8-4-3-5-9-18/h3-15,17H,1-2H3,(H,25,28)/t17-/m1/s1. The second-order valence-corrected chi connectivity index (χ2v) is 6.92. The zero-order chi connectivity index (χ0) is 20.9. The summed E-state index contributed by atoms with van der Waals surface area (Å²) in [7, 11) is 0. The molecule has 1 N–H and O–H groups in total. The van der Waals surface area contributed by atoms with Gasteiger partial charge < -0.3 is 14.5 Å². The maximum absolute atomic E-state index is 12.4. The lowest BCUT2D eigenvalue weighted by Crippen LogP contribution is -2.30. The van der Waals surface area contributed by atoms with Crippen LogP contribution < -0.4 is 10.1 Å². The number of amides is 1. The molecule has 1 atom stereocenters. The largest absolute Gasteiger partial charge is 0.481 e. The predicted molar refractivity (Wildman–Crippen MR) is 115 cm³/mol. The van der Waals surface area contributed by atoms with Gasteiger partial charge in [-0.15, -0.1) is 10.2 Å². The maximum atomic E-state index is 12.4. The summed E-state index contributed by atoms with van der Waals surface area (Å²) in [4.78, 5) is 12.4. The van der Waals surface area contributed by atoms with Crippen molar-refractivity contribution in [3.8, 4) is 28.7 Å². The molecular weight excluding hydrogens is 378 g/mol. The Labute approximate surface area is 174 Å². The van der Waals surface area contributed by atoms with Crippen LogP contribution in [-0.2, 0) is 4.79 Å². The molecule has 6 nitrogen and oxygen atoms in total. The fraction of sp³-hybridized carbons (Fsp3) is 0.125. The molecule has 6 heteroatoms. The zero-order valence-corrected chi connectivity index (χ0v) is 16.7. The van der Waals surface area contributed by atoms with Crippen LogP contribution in [0.1, 0.15) is 12.5 Å². The minimum atomic E-state index is -0.629. The lowest BCUT2D eigenvalue weighted by atomic mass is 10.2. The highest BCUT2D eigenvalue weighted by Gasteiger charge is 2.15. The summed E-state index contributed by atoms with van der Waals surface area (Å²) >= 11 is 0. The van der Waals surface area contributed by atoms with Gasteiger partial charge in [-0.25, -0.2) is 0 Å². The Morgan fingerprint density at radius 2 is 1.57 bits per heavy atom. The molecular formula is C24H21N3O3. The van der Waals surface area contributed by atoms with Gasteiger partial charge >= 0.3 is 0 Å². The normalized spacial score (nSPS) is 11.7. The molecule has 0 aliphatic rings. The molecule has 0 bridgehead atoms. The molecule has 30 heavy (non-hydrogen) atoms. The van der Waals surface area contributed by atoms with Gasteiger partial charge in [0.25, 0.3) is 5.91 Å². The first-order valence-electron chi connectivity index (χ1n) is 9.62. The first-order chi connectivity index (χ1) is 14.6. The van der Waals surface area contributed by atoms with Gasteiger partial charge in [-0.3, -0.25) is 4.79 Å². The molecule has 0 aliphatic carbocycles. The first kappa shape index (κ1) is 19.4. The molecule has 0 saturated heterocycles. The van der Waals surface area contributed by atoms with Crippen LogP contribution in [0.4, 0.5) is 5.69 Å². The number of hydrogen-bond donors (Lipinski definition) is 1. The van der Waals surface area contributed by atoms with E-state index in [4.69, 9.17) is 9.15 Å². The van der Waals surface area contributed by atoms with Crippen LogP contribution in [0.5, 0.6) is 5.75 Å². The number of aryl methyl sites for hydroxylation is 1. The molecule has 1 amide bonds. The average Bonchev–Trinajstić information content (AvgIpc) is 3.25. The molecule has 1 aromatic heterocycles. The summed E-state index contributed by atoms with van der Waals surface area (Å²) in [5, 5.41) is 11.1. The van der Waals surface area contributed by atoms with E-state index in [9.17, 15) is 4.79 Å². The minimum Gasteiger partial charge on any atom is -0.481 e. The number of anilines is 1. The van der Waals surface area contributed by atoms with Crippen LogP contribution in [0.25, 0.3) is 22.9 Å². The fourth-order valence-corrected chi connectivity index (χ4v) is 2.92. The Hall–Kier alpha value is -3.93. The molecule has 0 unspecified atom stereocenters. The molecule has 0 radical (unpaired) electrons. The highest BCUT2D eigenvalue weighted by molar-refractivity contribution is 5.94. The van der Waals surface area contributed by atoms with Gasteiger partial charge in [0.1, 0.15) is 5.75 Å². The van der Waals surface area contributed by atoms with Crippen molar-refractivity contribution in [1.29, 1.82) is 0 Å². The third-order valence-electron chi connectivity index (χ3n) is 4.52. The van der Waals surface area contributed by atoms with Crippen molar-refractivity contribution in [2.75, 3.05) is 5.32 Å². The lowest BCUT2D eigenvalue weighted by molar-refractivity contribution is -0.122. The monoisotopic (exact) mass is 399 g/mol. The highest BCUT2D eigenvalue weighted by Crippen LogP contribution is 2.25. The van der Waals surface area contributed by atoms with Crippen LogP contribution in [0.15, 0.2) is 83.3 Å². The summed E-state index contributed by atoms with van der Waals surface area (Å²) in [6.07, 6.45) is -0.629. The summed E-state index contributed by atoms with van der Waals surface area (Å²) < 4.78 is 11.5. The van der Waals surface area contributed by atoms with Gasteiger partial charge in [0.15, 0.2) is 6.10 Å². The third kappa shape index (κ3) is 4.55. The van der Waals surface area contributed by atoms with E-state index >= 15 is 0 Å².